The summed E-state index contributed by atoms with van der Waals surface area (Å²) in [6, 6.07) is 2.36. The van der Waals surface area contributed by atoms with Gasteiger partial charge >= 0.3 is 17.8 Å². The van der Waals surface area contributed by atoms with Crippen LogP contribution >= 0.6 is 0 Å². The van der Waals surface area contributed by atoms with E-state index in [-0.39, 0.29) is 0 Å². The van der Waals surface area contributed by atoms with Gasteiger partial charge in [-0.25, -0.2) is 14.5 Å². The molecule has 0 amide bonds. The topological polar surface area (TPSA) is 82.9 Å². The molecule has 3 fully saturated rings. The summed E-state index contributed by atoms with van der Waals surface area (Å²) < 4.78 is 18.3. The van der Waals surface area contributed by atoms with Crippen LogP contribution in [0.2, 0.25) is 0 Å². The number of aromatic nitrogens is 2. The summed E-state index contributed by atoms with van der Waals surface area (Å²) in [5, 5.41) is 4.53. The molecule has 1 spiro atoms. The molecule has 142 valence electrons. The average molecular weight is 363 g/mol. The summed E-state index contributed by atoms with van der Waals surface area (Å²) in [7, 11) is 0. The van der Waals surface area contributed by atoms with E-state index in [1.807, 2.05) is 21.8 Å². The number of piperidine rings is 1. The lowest BCUT2D eigenvalue weighted by Gasteiger charge is -2.40. The monoisotopic (exact) mass is 363 g/mol. The number of esters is 2. The average Bonchev–Trinajstić information content (AvgIpc) is 3.23. The van der Waals surface area contributed by atoms with Crippen molar-refractivity contribution >= 4 is 11.9 Å². The maximum absolute atomic E-state index is 11.5. The van der Waals surface area contributed by atoms with Crippen molar-refractivity contribution in [3.05, 3.63) is 12.3 Å². The summed E-state index contributed by atoms with van der Waals surface area (Å²) in [5.41, 5.74) is 0. The molecular weight excluding hydrogens is 338 g/mol. The number of likely N-dealkylation sites (tertiary alicyclic amines) is 1. The molecule has 0 N–H and O–H groups in total. The van der Waals surface area contributed by atoms with E-state index in [1.165, 1.54) is 32.1 Å². The van der Waals surface area contributed by atoms with Crippen LogP contribution < -0.4 is 4.74 Å². The summed E-state index contributed by atoms with van der Waals surface area (Å²) >= 11 is 0. The molecule has 0 bridgehead atoms. The molecule has 3 heterocycles. The molecule has 1 saturated carbocycles. The Labute approximate surface area is 152 Å². The van der Waals surface area contributed by atoms with Crippen LogP contribution in [0.25, 0.3) is 0 Å². The van der Waals surface area contributed by atoms with E-state index in [4.69, 9.17) is 14.2 Å². The Morgan fingerprint density at radius 2 is 1.88 bits per heavy atom. The van der Waals surface area contributed by atoms with Crippen LogP contribution in [0, 0.1) is 0 Å². The Hall–Kier alpha value is -2.09. The Morgan fingerprint density at radius 1 is 1.12 bits per heavy atom. The lowest BCUT2D eigenvalue weighted by atomic mass is 9.96. The number of hydrogen-bond donors (Lipinski definition) is 0. The Bertz CT molecular complexity index is 652. The minimum atomic E-state index is -1.24. The molecule has 0 unspecified atom stereocenters. The Kier molecular flexibility index (Phi) is 4.84. The molecule has 3 aliphatic rings. The zero-order valence-corrected chi connectivity index (χ0v) is 14.9. The van der Waals surface area contributed by atoms with E-state index in [0.29, 0.717) is 38.0 Å². The van der Waals surface area contributed by atoms with Crippen molar-refractivity contribution in [2.75, 3.05) is 19.7 Å². The van der Waals surface area contributed by atoms with Crippen molar-refractivity contribution in [1.29, 1.82) is 0 Å². The van der Waals surface area contributed by atoms with Gasteiger partial charge in [0, 0.05) is 31.8 Å². The van der Waals surface area contributed by atoms with Crippen LogP contribution in [0.5, 0.6) is 5.88 Å². The predicted octanol–water partition coefficient (Wildman–Crippen LogP) is 2.01. The SMILES string of the molecule is O=C1OC2(CCCCN2CCOc2ccn(C3CCCCC3)n2)OC1=O. The molecule has 26 heavy (non-hydrogen) atoms. The number of rotatable bonds is 5. The number of nitrogens with zero attached hydrogens (tertiary/aromatic N) is 3. The van der Waals surface area contributed by atoms with Crippen molar-refractivity contribution in [2.45, 2.75) is 63.3 Å². The fourth-order valence-corrected chi connectivity index (χ4v) is 4.09. The predicted molar refractivity (Wildman–Crippen MR) is 90.2 cm³/mol. The first kappa shape index (κ1) is 17.3. The minimum absolute atomic E-state index is 0.387. The molecule has 0 radical (unpaired) electrons. The van der Waals surface area contributed by atoms with Gasteiger partial charge in [0.2, 0.25) is 5.88 Å². The maximum Gasteiger partial charge on any atom is 0.421 e. The molecule has 1 aromatic rings. The van der Waals surface area contributed by atoms with Crippen molar-refractivity contribution in [1.82, 2.24) is 14.7 Å². The van der Waals surface area contributed by atoms with E-state index in [9.17, 15) is 9.59 Å². The highest BCUT2D eigenvalue weighted by Gasteiger charge is 2.53. The molecule has 1 aliphatic carbocycles. The van der Waals surface area contributed by atoms with Gasteiger partial charge in [-0.15, -0.1) is 5.10 Å². The molecule has 8 nitrogen and oxygen atoms in total. The standard InChI is InChI=1S/C18H25N3O5/c22-16-17(23)26-18(25-16)9-4-5-10-20(18)12-13-24-15-8-11-21(19-15)14-6-2-1-3-7-14/h8,11,14H,1-7,9-10,12-13H2. The highest BCUT2D eigenvalue weighted by atomic mass is 16.8. The van der Waals surface area contributed by atoms with Crippen molar-refractivity contribution in [2.24, 2.45) is 0 Å². The Balaban J connectivity index is 1.32. The van der Waals surface area contributed by atoms with Gasteiger partial charge in [-0.1, -0.05) is 19.3 Å². The van der Waals surface area contributed by atoms with E-state index < -0.39 is 17.8 Å². The summed E-state index contributed by atoms with van der Waals surface area (Å²) in [6.07, 6.45) is 10.5. The van der Waals surface area contributed by atoms with Crippen LogP contribution in [0.4, 0.5) is 0 Å². The van der Waals surface area contributed by atoms with Crippen molar-refractivity contribution < 1.29 is 23.8 Å². The molecular formula is C18H25N3O5. The molecule has 2 saturated heterocycles. The van der Waals surface area contributed by atoms with Gasteiger partial charge in [0.1, 0.15) is 6.61 Å². The summed E-state index contributed by atoms with van der Waals surface area (Å²) in [5.74, 6) is -2.47. The molecule has 8 heteroatoms. The molecule has 0 aromatic carbocycles. The highest BCUT2D eigenvalue weighted by molar-refractivity contribution is 6.31. The number of ether oxygens (including phenoxy) is 3. The number of hydrogen-bond acceptors (Lipinski definition) is 7. The first-order valence-electron chi connectivity index (χ1n) is 9.56. The third kappa shape index (κ3) is 3.42. The highest BCUT2D eigenvalue weighted by Crippen LogP contribution is 2.34. The van der Waals surface area contributed by atoms with Crippen LogP contribution in [0.3, 0.4) is 0 Å². The first-order valence-corrected chi connectivity index (χ1v) is 9.56. The normalized spacial score (nSPS) is 23.8. The Morgan fingerprint density at radius 3 is 2.65 bits per heavy atom. The van der Waals surface area contributed by atoms with E-state index in [2.05, 4.69) is 5.10 Å². The number of carbonyl (C=O) groups excluding carboxylic acids is 2. The van der Waals surface area contributed by atoms with Gasteiger partial charge in [-0.05, 0) is 25.7 Å². The summed E-state index contributed by atoms with van der Waals surface area (Å²) in [4.78, 5) is 24.8. The van der Waals surface area contributed by atoms with E-state index >= 15 is 0 Å². The van der Waals surface area contributed by atoms with E-state index in [0.717, 1.165) is 12.8 Å². The fourth-order valence-electron chi connectivity index (χ4n) is 4.09. The van der Waals surface area contributed by atoms with Gasteiger partial charge in [0.05, 0.1) is 6.04 Å². The molecule has 4 rings (SSSR count). The largest absolute Gasteiger partial charge is 0.475 e. The first-order chi connectivity index (χ1) is 12.7. The zero-order chi connectivity index (χ0) is 18.0. The quantitative estimate of drug-likeness (QED) is 0.584. The number of carbonyl (C=O) groups is 2. The third-order valence-electron chi connectivity index (χ3n) is 5.47. The molecule has 2 aliphatic heterocycles. The van der Waals surface area contributed by atoms with Crippen LogP contribution in [0.15, 0.2) is 12.3 Å². The lowest BCUT2D eigenvalue weighted by Crippen LogP contribution is -2.54. The van der Waals surface area contributed by atoms with Crippen LogP contribution in [-0.4, -0.2) is 52.2 Å². The van der Waals surface area contributed by atoms with Gasteiger partial charge in [0.15, 0.2) is 0 Å². The van der Waals surface area contributed by atoms with Gasteiger partial charge in [-0.3, -0.25) is 4.68 Å². The van der Waals surface area contributed by atoms with Crippen molar-refractivity contribution in [3.8, 4) is 5.88 Å². The van der Waals surface area contributed by atoms with Gasteiger partial charge in [0.25, 0.3) is 0 Å². The van der Waals surface area contributed by atoms with Crippen LogP contribution in [0.1, 0.15) is 57.4 Å². The summed E-state index contributed by atoms with van der Waals surface area (Å²) in [6.45, 7) is 1.58. The minimum Gasteiger partial charge on any atom is -0.475 e. The van der Waals surface area contributed by atoms with Gasteiger partial charge in [-0.2, -0.15) is 0 Å². The second-order valence-corrected chi connectivity index (χ2v) is 7.21. The van der Waals surface area contributed by atoms with E-state index in [1.54, 1.807) is 0 Å². The van der Waals surface area contributed by atoms with Gasteiger partial charge < -0.3 is 14.2 Å². The van der Waals surface area contributed by atoms with Crippen molar-refractivity contribution in [3.63, 3.8) is 0 Å². The second-order valence-electron chi connectivity index (χ2n) is 7.21. The fraction of sp³-hybridized carbons (Fsp3) is 0.722. The smallest absolute Gasteiger partial charge is 0.421 e. The zero-order valence-electron chi connectivity index (χ0n) is 14.9. The second kappa shape index (κ2) is 7.26. The maximum atomic E-state index is 11.5. The lowest BCUT2D eigenvalue weighted by molar-refractivity contribution is -0.264. The van der Waals surface area contributed by atoms with Crippen LogP contribution in [-0.2, 0) is 19.1 Å². The molecule has 1 aromatic heterocycles. The molecule has 0 atom stereocenters. The third-order valence-corrected chi connectivity index (χ3v) is 5.47.